The van der Waals surface area contributed by atoms with Crippen LogP contribution in [-0.2, 0) is 6.54 Å². The van der Waals surface area contributed by atoms with Crippen molar-refractivity contribution in [2.24, 2.45) is 4.99 Å². The summed E-state index contributed by atoms with van der Waals surface area (Å²) in [6.07, 6.45) is 3.19. The normalized spacial score (nSPS) is 10.8. The standard InChI is InChI=1S/C17H24N6OS.HI/c1-4-19-17(22-11-15-23-12(2)13(3)25-15)21-9-8-20-16(24)14-6-5-7-18-10-14;/h5-7,10H,4,8-9,11H2,1-3H3,(H,20,24)(H2,19,21,22);1H. The van der Waals surface area contributed by atoms with E-state index in [-0.39, 0.29) is 29.9 Å². The zero-order valence-corrected chi connectivity index (χ0v) is 18.4. The van der Waals surface area contributed by atoms with E-state index < -0.39 is 0 Å². The number of halogens is 1. The molecule has 7 nitrogen and oxygen atoms in total. The molecule has 0 saturated heterocycles. The quantitative estimate of drug-likeness (QED) is 0.241. The first-order chi connectivity index (χ1) is 12.1. The number of rotatable bonds is 7. The average Bonchev–Trinajstić information content (AvgIpc) is 2.95. The van der Waals surface area contributed by atoms with Crippen molar-refractivity contribution in [3.05, 3.63) is 45.7 Å². The molecule has 0 aromatic carbocycles. The van der Waals surface area contributed by atoms with Crippen LogP contribution >= 0.6 is 35.3 Å². The van der Waals surface area contributed by atoms with Crippen LogP contribution in [0, 0.1) is 13.8 Å². The molecular weight excluding hydrogens is 463 g/mol. The van der Waals surface area contributed by atoms with Gasteiger partial charge in [0, 0.05) is 36.9 Å². The molecule has 0 aliphatic heterocycles. The first-order valence-electron chi connectivity index (χ1n) is 8.23. The Kier molecular flexibility index (Phi) is 10.1. The Morgan fingerprint density at radius 3 is 2.62 bits per heavy atom. The van der Waals surface area contributed by atoms with Gasteiger partial charge in [0.2, 0.25) is 0 Å². The molecule has 1 amide bonds. The van der Waals surface area contributed by atoms with Crippen molar-refractivity contribution < 1.29 is 4.79 Å². The van der Waals surface area contributed by atoms with E-state index in [4.69, 9.17) is 0 Å². The molecule has 2 aromatic heterocycles. The lowest BCUT2D eigenvalue weighted by molar-refractivity contribution is 0.0954. The molecule has 0 spiro atoms. The van der Waals surface area contributed by atoms with Crippen molar-refractivity contribution in [2.45, 2.75) is 27.3 Å². The van der Waals surface area contributed by atoms with Crippen molar-refractivity contribution in [3.63, 3.8) is 0 Å². The highest BCUT2D eigenvalue weighted by atomic mass is 127. The topological polar surface area (TPSA) is 91.3 Å². The maximum absolute atomic E-state index is 11.9. The number of amides is 1. The van der Waals surface area contributed by atoms with Gasteiger partial charge in [0.25, 0.3) is 5.91 Å². The molecule has 9 heteroatoms. The largest absolute Gasteiger partial charge is 0.357 e. The maximum Gasteiger partial charge on any atom is 0.252 e. The van der Waals surface area contributed by atoms with Crippen LogP contribution in [-0.4, -0.2) is 41.5 Å². The molecule has 26 heavy (non-hydrogen) atoms. The second kappa shape index (κ2) is 11.8. The molecule has 0 unspecified atom stereocenters. The van der Waals surface area contributed by atoms with Gasteiger partial charge in [0.15, 0.2) is 5.96 Å². The highest BCUT2D eigenvalue weighted by Crippen LogP contribution is 2.16. The monoisotopic (exact) mass is 488 g/mol. The zero-order chi connectivity index (χ0) is 18.1. The summed E-state index contributed by atoms with van der Waals surface area (Å²) in [4.78, 5) is 26.1. The Morgan fingerprint density at radius 1 is 1.23 bits per heavy atom. The predicted molar refractivity (Wildman–Crippen MR) is 116 cm³/mol. The van der Waals surface area contributed by atoms with Crippen molar-refractivity contribution in [2.75, 3.05) is 19.6 Å². The molecule has 0 fully saturated rings. The van der Waals surface area contributed by atoms with Gasteiger partial charge in [0.05, 0.1) is 17.8 Å². The minimum atomic E-state index is -0.134. The molecule has 0 radical (unpaired) electrons. The molecule has 3 N–H and O–H groups in total. The summed E-state index contributed by atoms with van der Waals surface area (Å²) in [5, 5.41) is 10.2. The smallest absolute Gasteiger partial charge is 0.252 e. The van der Waals surface area contributed by atoms with Gasteiger partial charge in [0.1, 0.15) is 5.01 Å². The van der Waals surface area contributed by atoms with E-state index in [9.17, 15) is 4.79 Å². The van der Waals surface area contributed by atoms with Crippen LogP contribution in [0.4, 0.5) is 0 Å². The van der Waals surface area contributed by atoms with Gasteiger partial charge in [-0.1, -0.05) is 0 Å². The Morgan fingerprint density at radius 2 is 2.00 bits per heavy atom. The Balaban J connectivity index is 0.00000338. The first-order valence-corrected chi connectivity index (χ1v) is 9.05. The van der Waals surface area contributed by atoms with Gasteiger partial charge in [-0.05, 0) is 32.9 Å². The highest BCUT2D eigenvalue weighted by Gasteiger charge is 2.05. The summed E-state index contributed by atoms with van der Waals surface area (Å²) in [6.45, 7) is 8.46. The van der Waals surface area contributed by atoms with E-state index in [1.807, 2.05) is 13.8 Å². The third-order valence-electron chi connectivity index (χ3n) is 3.42. The fourth-order valence-electron chi connectivity index (χ4n) is 2.05. The number of hydrogen-bond acceptors (Lipinski definition) is 5. The minimum absolute atomic E-state index is 0. The molecule has 0 atom stereocenters. The number of aliphatic imine (C=N–C) groups is 1. The van der Waals surface area contributed by atoms with Crippen LogP contribution < -0.4 is 16.0 Å². The molecule has 0 bridgehead atoms. The summed E-state index contributed by atoms with van der Waals surface area (Å²) in [5.41, 5.74) is 1.61. The molecular formula is C17H25IN6OS. The van der Waals surface area contributed by atoms with Crippen LogP contribution in [0.15, 0.2) is 29.5 Å². The summed E-state index contributed by atoms with van der Waals surface area (Å²) in [5.74, 6) is 0.578. The molecule has 2 rings (SSSR count). The van der Waals surface area contributed by atoms with Gasteiger partial charge in [-0.3, -0.25) is 9.78 Å². The highest BCUT2D eigenvalue weighted by molar-refractivity contribution is 14.0. The Bertz CT molecular complexity index is 700. The number of guanidine groups is 1. The molecule has 2 heterocycles. The Labute approximate surface area is 175 Å². The average molecular weight is 488 g/mol. The van der Waals surface area contributed by atoms with Crippen LogP contribution in [0.25, 0.3) is 0 Å². The van der Waals surface area contributed by atoms with Crippen molar-refractivity contribution >= 4 is 47.2 Å². The summed E-state index contributed by atoms with van der Waals surface area (Å²) in [7, 11) is 0. The fourth-order valence-corrected chi connectivity index (χ4v) is 2.91. The van der Waals surface area contributed by atoms with Gasteiger partial charge in [-0.15, -0.1) is 35.3 Å². The lowest BCUT2D eigenvalue weighted by Gasteiger charge is -2.11. The van der Waals surface area contributed by atoms with Crippen molar-refractivity contribution in [1.29, 1.82) is 0 Å². The number of hydrogen-bond donors (Lipinski definition) is 3. The van der Waals surface area contributed by atoms with Gasteiger partial charge in [-0.2, -0.15) is 0 Å². The summed E-state index contributed by atoms with van der Waals surface area (Å²) in [6, 6.07) is 3.48. The summed E-state index contributed by atoms with van der Waals surface area (Å²) >= 11 is 1.67. The van der Waals surface area contributed by atoms with Gasteiger partial charge in [-0.25, -0.2) is 9.98 Å². The van der Waals surface area contributed by atoms with E-state index in [2.05, 4.69) is 37.8 Å². The van der Waals surface area contributed by atoms with E-state index in [1.165, 1.54) is 4.88 Å². The second-order valence-electron chi connectivity index (χ2n) is 5.37. The first kappa shape index (κ1) is 22.3. The number of nitrogens with zero attached hydrogens (tertiary/aromatic N) is 3. The zero-order valence-electron chi connectivity index (χ0n) is 15.2. The third-order valence-corrected chi connectivity index (χ3v) is 4.47. The van der Waals surface area contributed by atoms with E-state index in [1.54, 1.807) is 35.9 Å². The number of aromatic nitrogens is 2. The lowest BCUT2D eigenvalue weighted by atomic mass is 10.3. The number of pyridine rings is 1. The molecule has 0 aliphatic rings. The number of nitrogens with one attached hydrogen (secondary N) is 3. The Hall–Kier alpha value is -1.75. The van der Waals surface area contributed by atoms with Crippen molar-refractivity contribution in [1.82, 2.24) is 25.9 Å². The van der Waals surface area contributed by atoms with E-state index >= 15 is 0 Å². The number of aryl methyl sites for hydroxylation is 2. The predicted octanol–water partition coefficient (Wildman–Crippen LogP) is 2.26. The van der Waals surface area contributed by atoms with Crippen LogP contribution in [0.5, 0.6) is 0 Å². The lowest BCUT2D eigenvalue weighted by Crippen LogP contribution is -2.41. The number of thiazole rings is 1. The third kappa shape index (κ3) is 7.24. The number of carbonyl (C=O) groups is 1. The van der Waals surface area contributed by atoms with Gasteiger partial charge < -0.3 is 16.0 Å². The maximum atomic E-state index is 11.9. The van der Waals surface area contributed by atoms with Crippen LogP contribution in [0.3, 0.4) is 0 Å². The minimum Gasteiger partial charge on any atom is -0.357 e. The number of carbonyl (C=O) groups excluding carboxylic acids is 1. The fraction of sp³-hybridized carbons (Fsp3) is 0.412. The SMILES string of the molecule is CCNC(=NCc1nc(C)c(C)s1)NCCNC(=O)c1cccnc1.I. The van der Waals surface area contributed by atoms with E-state index in [0.29, 0.717) is 31.2 Å². The molecule has 0 aliphatic carbocycles. The van der Waals surface area contributed by atoms with E-state index in [0.717, 1.165) is 17.2 Å². The summed E-state index contributed by atoms with van der Waals surface area (Å²) < 4.78 is 0. The second-order valence-corrected chi connectivity index (χ2v) is 6.66. The van der Waals surface area contributed by atoms with Crippen molar-refractivity contribution in [3.8, 4) is 0 Å². The molecule has 2 aromatic rings. The molecule has 142 valence electrons. The van der Waals surface area contributed by atoms with Crippen LogP contribution in [0.1, 0.15) is 32.9 Å². The molecule has 0 saturated carbocycles. The van der Waals surface area contributed by atoms with Gasteiger partial charge >= 0.3 is 0 Å². The van der Waals surface area contributed by atoms with Crippen LogP contribution in [0.2, 0.25) is 0 Å².